The van der Waals surface area contributed by atoms with Crippen LogP contribution in [0.3, 0.4) is 0 Å². The maximum atomic E-state index is 9.57. The summed E-state index contributed by atoms with van der Waals surface area (Å²) in [6.07, 6.45) is 33.3. The lowest BCUT2D eigenvalue weighted by atomic mass is 10.0. The third kappa shape index (κ3) is 22.6. The third-order valence-corrected chi connectivity index (χ3v) is 6.61. The van der Waals surface area contributed by atoms with Crippen molar-refractivity contribution in [3.63, 3.8) is 0 Å². The predicted molar refractivity (Wildman–Crippen MR) is 142 cm³/mol. The second-order valence-corrected chi connectivity index (χ2v) is 9.96. The Hall–Kier alpha value is -0.540. The van der Waals surface area contributed by atoms with Crippen molar-refractivity contribution in [1.82, 2.24) is 4.90 Å². The fourth-order valence-corrected chi connectivity index (χ4v) is 4.45. The fourth-order valence-electron chi connectivity index (χ4n) is 4.45. The molecule has 0 rings (SSSR count). The molecule has 0 saturated carbocycles. The summed E-state index contributed by atoms with van der Waals surface area (Å²) >= 11 is 0. The van der Waals surface area contributed by atoms with E-state index in [1.54, 1.807) is 18.7 Å². The Balaban J connectivity index is 3.19. The first kappa shape index (κ1) is 31.5. The molecule has 0 aromatic heterocycles. The summed E-state index contributed by atoms with van der Waals surface area (Å²) in [5.74, 6) is 0. The molecule has 3 heteroatoms. The molecule has 0 heterocycles. The van der Waals surface area contributed by atoms with Crippen LogP contribution in [0.1, 0.15) is 162 Å². The number of unbranched alkanes of at least 4 members (excludes halogenated alkanes) is 21. The molecule has 2 atom stereocenters. The van der Waals surface area contributed by atoms with Crippen LogP contribution in [-0.4, -0.2) is 27.6 Å². The van der Waals surface area contributed by atoms with Gasteiger partial charge in [0.05, 0.1) is 0 Å². The summed E-state index contributed by atoms with van der Waals surface area (Å²) in [6, 6.07) is 0. The summed E-state index contributed by atoms with van der Waals surface area (Å²) in [5, 5.41) is 19.1. The summed E-state index contributed by atoms with van der Waals surface area (Å²) in [5.41, 5.74) is 0. The minimum absolute atomic E-state index is 0.647. The van der Waals surface area contributed by atoms with Crippen LogP contribution in [0.4, 0.5) is 0 Å². The van der Waals surface area contributed by atoms with E-state index in [2.05, 4.69) is 13.0 Å². The average molecular weight is 454 g/mol. The molecular formula is C29H59NO2. The van der Waals surface area contributed by atoms with Crippen molar-refractivity contribution in [2.24, 2.45) is 0 Å². The molecule has 192 valence electrons. The van der Waals surface area contributed by atoms with Crippen molar-refractivity contribution < 1.29 is 10.2 Å². The molecule has 3 nitrogen and oxygen atoms in total. The van der Waals surface area contributed by atoms with Gasteiger partial charge in [0.2, 0.25) is 0 Å². The van der Waals surface area contributed by atoms with Gasteiger partial charge in [0, 0.05) is 6.20 Å². The van der Waals surface area contributed by atoms with Gasteiger partial charge in [-0.1, -0.05) is 141 Å². The third-order valence-electron chi connectivity index (χ3n) is 6.61. The SMILES string of the molecule is CCCCCCCCCCCCCCCCCCCCCCCC=CN(C(C)O)C(C)O. The van der Waals surface area contributed by atoms with Gasteiger partial charge in [-0.15, -0.1) is 0 Å². The Morgan fingerprint density at radius 3 is 1.06 bits per heavy atom. The summed E-state index contributed by atoms with van der Waals surface area (Å²) in [6.45, 7) is 5.65. The first-order chi connectivity index (χ1) is 15.6. The number of hydrogen-bond acceptors (Lipinski definition) is 3. The lowest BCUT2D eigenvalue weighted by Gasteiger charge is -2.26. The molecule has 32 heavy (non-hydrogen) atoms. The van der Waals surface area contributed by atoms with E-state index in [0.29, 0.717) is 0 Å². The maximum absolute atomic E-state index is 9.57. The van der Waals surface area contributed by atoms with Crippen molar-refractivity contribution in [3.05, 3.63) is 12.3 Å². The van der Waals surface area contributed by atoms with Crippen LogP contribution < -0.4 is 0 Å². The summed E-state index contributed by atoms with van der Waals surface area (Å²) < 4.78 is 0. The van der Waals surface area contributed by atoms with Crippen LogP contribution in [-0.2, 0) is 0 Å². The molecule has 0 aliphatic rings. The van der Waals surface area contributed by atoms with E-state index in [1.165, 1.54) is 135 Å². The van der Waals surface area contributed by atoms with E-state index in [4.69, 9.17) is 0 Å². The lowest BCUT2D eigenvalue weighted by Crippen LogP contribution is -2.35. The van der Waals surface area contributed by atoms with Crippen LogP contribution in [0.5, 0.6) is 0 Å². The van der Waals surface area contributed by atoms with Gasteiger partial charge < -0.3 is 15.1 Å². The number of rotatable bonds is 25. The molecule has 0 aliphatic carbocycles. The van der Waals surface area contributed by atoms with Gasteiger partial charge in [-0.25, -0.2) is 0 Å². The Morgan fingerprint density at radius 2 is 0.781 bits per heavy atom. The Morgan fingerprint density at radius 1 is 0.500 bits per heavy atom. The molecule has 0 fully saturated rings. The number of nitrogens with zero attached hydrogens (tertiary/aromatic N) is 1. The van der Waals surface area contributed by atoms with Gasteiger partial charge in [-0.05, 0) is 26.7 Å². The van der Waals surface area contributed by atoms with Crippen molar-refractivity contribution in [2.45, 2.75) is 174 Å². The van der Waals surface area contributed by atoms with E-state index in [0.717, 1.165) is 6.42 Å². The number of aliphatic hydroxyl groups is 2. The zero-order valence-corrected chi connectivity index (χ0v) is 22.2. The van der Waals surface area contributed by atoms with E-state index in [9.17, 15) is 10.2 Å². The van der Waals surface area contributed by atoms with Gasteiger partial charge in [-0.3, -0.25) is 0 Å². The van der Waals surface area contributed by atoms with E-state index < -0.39 is 12.5 Å². The Bertz CT molecular complexity index is 373. The first-order valence-corrected chi connectivity index (χ1v) is 14.4. The zero-order chi connectivity index (χ0) is 23.7. The minimum Gasteiger partial charge on any atom is -0.374 e. The van der Waals surface area contributed by atoms with Crippen LogP contribution >= 0.6 is 0 Å². The number of aliphatic hydroxyl groups excluding tert-OH is 2. The van der Waals surface area contributed by atoms with E-state index in [1.807, 2.05) is 6.20 Å². The molecule has 0 amide bonds. The molecule has 0 bridgehead atoms. The van der Waals surface area contributed by atoms with Crippen molar-refractivity contribution in [2.75, 3.05) is 0 Å². The highest BCUT2D eigenvalue weighted by Gasteiger charge is 2.10. The molecule has 2 unspecified atom stereocenters. The van der Waals surface area contributed by atoms with Crippen LogP contribution in [0.2, 0.25) is 0 Å². The number of hydrogen-bond donors (Lipinski definition) is 2. The van der Waals surface area contributed by atoms with Gasteiger partial charge in [0.15, 0.2) is 0 Å². The molecule has 0 aliphatic heterocycles. The largest absolute Gasteiger partial charge is 0.374 e. The Labute approximate surface area is 202 Å². The van der Waals surface area contributed by atoms with Gasteiger partial charge in [0.1, 0.15) is 12.5 Å². The quantitative estimate of drug-likeness (QED) is 0.107. The normalized spacial score (nSPS) is 13.7. The maximum Gasteiger partial charge on any atom is 0.125 e. The van der Waals surface area contributed by atoms with Crippen molar-refractivity contribution in [3.8, 4) is 0 Å². The molecule has 0 saturated heterocycles. The van der Waals surface area contributed by atoms with Crippen LogP contribution in [0.25, 0.3) is 0 Å². The molecule has 0 aromatic carbocycles. The van der Waals surface area contributed by atoms with Crippen molar-refractivity contribution >= 4 is 0 Å². The first-order valence-electron chi connectivity index (χ1n) is 14.4. The van der Waals surface area contributed by atoms with Crippen LogP contribution in [0, 0.1) is 0 Å². The molecule has 0 radical (unpaired) electrons. The smallest absolute Gasteiger partial charge is 0.125 e. The average Bonchev–Trinajstić information content (AvgIpc) is 2.76. The van der Waals surface area contributed by atoms with Crippen LogP contribution in [0.15, 0.2) is 12.3 Å². The minimum atomic E-state index is -0.647. The van der Waals surface area contributed by atoms with Gasteiger partial charge in [-0.2, -0.15) is 0 Å². The summed E-state index contributed by atoms with van der Waals surface area (Å²) in [4.78, 5) is 1.57. The highest BCUT2D eigenvalue weighted by molar-refractivity contribution is 4.83. The second kappa shape index (κ2) is 25.1. The molecular weight excluding hydrogens is 394 g/mol. The van der Waals surface area contributed by atoms with Gasteiger partial charge >= 0.3 is 0 Å². The Kier molecular flexibility index (Phi) is 24.7. The molecule has 2 N–H and O–H groups in total. The highest BCUT2D eigenvalue weighted by atomic mass is 16.3. The number of allylic oxidation sites excluding steroid dienone is 1. The molecule has 0 aromatic rings. The van der Waals surface area contributed by atoms with E-state index in [-0.39, 0.29) is 0 Å². The van der Waals surface area contributed by atoms with E-state index >= 15 is 0 Å². The molecule has 0 spiro atoms. The standard InChI is InChI=1S/C29H59NO2/c1-4-5-6-7-8-9-10-11-12-13-14-15-16-17-18-19-20-21-22-23-24-25-26-27-30(28(2)31)29(3)32/h26-29,31-32H,4-25H2,1-3H3. The fraction of sp³-hybridized carbons (Fsp3) is 0.931. The monoisotopic (exact) mass is 453 g/mol. The zero-order valence-electron chi connectivity index (χ0n) is 22.2. The lowest BCUT2D eigenvalue weighted by molar-refractivity contribution is -0.0513. The summed E-state index contributed by atoms with van der Waals surface area (Å²) in [7, 11) is 0. The van der Waals surface area contributed by atoms with Gasteiger partial charge in [0.25, 0.3) is 0 Å². The topological polar surface area (TPSA) is 43.7 Å². The van der Waals surface area contributed by atoms with Crippen molar-refractivity contribution in [1.29, 1.82) is 0 Å². The second-order valence-electron chi connectivity index (χ2n) is 9.96. The highest BCUT2D eigenvalue weighted by Crippen LogP contribution is 2.15. The predicted octanol–water partition coefficient (Wildman–Crippen LogP) is 9.08.